The van der Waals surface area contributed by atoms with Gasteiger partial charge in [0.1, 0.15) is 18.0 Å². The molecule has 0 atom stereocenters. The van der Waals surface area contributed by atoms with Gasteiger partial charge in [0.2, 0.25) is 6.79 Å². The van der Waals surface area contributed by atoms with E-state index < -0.39 is 30.9 Å². The van der Waals surface area contributed by atoms with Crippen LogP contribution in [0.1, 0.15) is 27.6 Å². The molecule has 3 aromatic carbocycles. The molecule has 1 heterocycles. The molecule has 2 amide bonds. The van der Waals surface area contributed by atoms with Crippen LogP contribution in [-0.4, -0.2) is 43.5 Å². The SMILES string of the molecule is CC(=O)c1cc2c(cc1NC(=O)COC(=O)CNC(=O)c1ccc(Oc3ccccc3)cc1)OCO2. The Morgan fingerprint density at radius 2 is 1.56 bits per heavy atom. The van der Waals surface area contributed by atoms with E-state index in [1.54, 1.807) is 24.3 Å². The van der Waals surface area contributed by atoms with Gasteiger partial charge in [0, 0.05) is 17.2 Å². The zero-order chi connectivity index (χ0) is 25.5. The lowest BCUT2D eigenvalue weighted by atomic mass is 10.1. The summed E-state index contributed by atoms with van der Waals surface area (Å²) in [6.07, 6.45) is 0. The lowest BCUT2D eigenvalue weighted by Crippen LogP contribution is -2.32. The van der Waals surface area contributed by atoms with Gasteiger partial charge in [-0.2, -0.15) is 0 Å². The number of hydrogen-bond acceptors (Lipinski definition) is 8. The van der Waals surface area contributed by atoms with Crippen molar-refractivity contribution in [2.75, 3.05) is 25.3 Å². The Labute approximate surface area is 206 Å². The summed E-state index contributed by atoms with van der Waals surface area (Å²) in [7, 11) is 0. The molecule has 2 N–H and O–H groups in total. The lowest BCUT2D eigenvalue weighted by Gasteiger charge is -2.11. The molecule has 36 heavy (non-hydrogen) atoms. The van der Waals surface area contributed by atoms with Crippen molar-refractivity contribution in [1.29, 1.82) is 0 Å². The Morgan fingerprint density at radius 1 is 0.889 bits per heavy atom. The molecule has 4 rings (SSSR count). The normalized spacial score (nSPS) is 11.4. The molecule has 184 valence electrons. The van der Waals surface area contributed by atoms with Gasteiger partial charge >= 0.3 is 5.97 Å². The van der Waals surface area contributed by atoms with Gasteiger partial charge in [-0.05, 0) is 49.4 Å². The fraction of sp³-hybridized carbons (Fsp3) is 0.154. The Morgan fingerprint density at radius 3 is 2.25 bits per heavy atom. The first-order valence-corrected chi connectivity index (χ1v) is 10.9. The quantitative estimate of drug-likeness (QED) is 0.345. The highest BCUT2D eigenvalue weighted by Crippen LogP contribution is 2.37. The zero-order valence-corrected chi connectivity index (χ0v) is 19.2. The molecule has 1 aliphatic heterocycles. The van der Waals surface area contributed by atoms with Crippen LogP contribution in [0.3, 0.4) is 0 Å². The van der Waals surface area contributed by atoms with Crippen LogP contribution in [-0.2, 0) is 14.3 Å². The third-order valence-electron chi connectivity index (χ3n) is 5.02. The van der Waals surface area contributed by atoms with Crippen molar-refractivity contribution in [1.82, 2.24) is 5.32 Å². The molecule has 0 spiro atoms. The van der Waals surface area contributed by atoms with E-state index in [2.05, 4.69) is 10.6 Å². The van der Waals surface area contributed by atoms with Gasteiger partial charge in [0.15, 0.2) is 23.9 Å². The number of ether oxygens (including phenoxy) is 4. The number of Topliss-reactive ketones (excluding diaryl/α,β-unsaturated/α-hetero) is 1. The number of carbonyl (C=O) groups is 4. The first kappa shape index (κ1) is 24.3. The van der Waals surface area contributed by atoms with Gasteiger partial charge in [0.25, 0.3) is 11.8 Å². The molecule has 0 aliphatic carbocycles. The van der Waals surface area contributed by atoms with E-state index in [0.29, 0.717) is 28.6 Å². The van der Waals surface area contributed by atoms with E-state index in [9.17, 15) is 19.2 Å². The van der Waals surface area contributed by atoms with Crippen molar-refractivity contribution in [3.63, 3.8) is 0 Å². The molecular weight excluding hydrogens is 468 g/mol. The molecule has 0 radical (unpaired) electrons. The number of carbonyl (C=O) groups excluding carboxylic acids is 4. The molecular formula is C26H22N2O8. The maximum Gasteiger partial charge on any atom is 0.325 e. The van der Waals surface area contributed by atoms with E-state index >= 15 is 0 Å². The maximum atomic E-state index is 12.3. The van der Waals surface area contributed by atoms with Crippen LogP contribution in [0.15, 0.2) is 66.7 Å². The van der Waals surface area contributed by atoms with Gasteiger partial charge < -0.3 is 29.6 Å². The lowest BCUT2D eigenvalue weighted by molar-refractivity contribution is -0.146. The maximum absolute atomic E-state index is 12.3. The number of para-hydroxylation sites is 1. The van der Waals surface area contributed by atoms with E-state index in [0.717, 1.165) is 0 Å². The van der Waals surface area contributed by atoms with E-state index in [1.165, 1.54) is 19.1 Å². The van der Waals surface area contributed by atoms with Gasteiger partial charge in [0.05, 0.1) is 5.69 Å². The van der Waals surface area contributed by atoms with Crippen molar-refractivity contribution >= 4 is 29.3 Å². The number of anilines is 1. The number of rotatable bonds is 9. The molecule has 10 nitrogen and oxygen atoms in total. The number of amides is 2. The van der Waals surface area contributed by atoms with Crippen LogP contribution < -0.4 is 24.8 Å². The summed E-state index contributed by atoms with van der Waals surface area (Å²) in [6, 6.07) is 18.5. The van der Waals surface area contributed by atoms with Crippen molar-refractivity contribution in [2.24, 2.45) is 0 Å². The van der Waals surface area contributed by atoms with Gasteiger partial charge in [-0.25, -0.2) is 0 Å². The van der Waals surface area contributed by atoms with Gasteiger partial charge in [-0.3, -0.25) is 19.2 Å². The summed E-state index contributed by atoms with van der Waals surface area (Å²) < 4.78 is 21.1. The molecule has 0 aromatic heterocycles. The van der Waals surface area contributed by atoms with E-state index in [4.69, 9.17) is 18.9 Å². The summed E-state index contributed by atoms with van der Waals surface area (Å²) in [5, 5.41) is 4.95. The molecule has 3 aromatic rings. The highest BCUT2D eigenvalue weighted by molar-refractivity contribution is 6.05. The first-order valence-electron chi connectivity index (χ1n) is 10.9. The number of fused-ring (bicyclic) bond motifs is 1. The molecule has 1 aliphatic rings. The predicted molar refractivity (Wildman–Crippen MR) is 127 cm³/mol. The van der Waals surface area contributed by atoms with Crippen molar-refractivity contribution in [2.45, 2.75) is 6.92 Å². The van der Waals surface area contributed by atoms with Crippen molar-refractivity contribution < 1.29 is 38.1 Å². The fourth-order valence-corrected chi connectivity index (χ4v) is 3.27. The van der Waals surface area contributed by atoms with Crippen LogP contribution in [0.4, 0.5) is 5.69 Å². The summed E-state index contributed by atoms with van der Waals surface area (Å²) in [5.74, 6) is -0.244. The topological polar surface area (TPSA) is 129 Å². The van der Waals surface area contributed by atoms with Crippen LogP contribution in [0.5, 0.6) is 23.0 Å². The number of ketones is 1. The number of benzene rings is 3. The molecule has 0 saturated heterocycles. The first-order chi connectivity index (χ1) is 17.4. The molecule has 0 bridgehead atoms. The Kier molecular flexibility index (Phi) is 7.45. The molecule has 0 fully saturated rings. The smallest absolute Gasteiger partial charge is 0.325 e. The van der Waals surface area contributed by atoms with Gasteiger partial charge in [-0.15, -0.1) is 0 Å². The van der Waals surface area contributed by atoms with Crippen LogP contribution in [0, 0.1) is 0 Å². The predicted octanol–water partition coefficient (Wildman–Crippen LogP) is 3.32. The fourth-order valence-electron chi connectivity index (χ4n) is 3.27. The number of nitrogens with one attached hydrogen (secondary N) is 2. The third kappa shape index (κ3) is 6.17. The highest BCUT2D eigenvalue weighted by Gasteiger charge is 2.21. The second-order valence-corrected chi connectivity index (χ2v) is 7.64. The number of hydrogen-bond donors (Lipinski definition) is 2. The van der Waals surface area contributed by atoms with Gasteiger partial charge in [-0.1, -0.05) is 18.2 Å². The summed E-state index contributed by atoms with van der Waals surface area (Å²) in [4.78, 5) is 48.4. The molecule has 0 unspecified atom stereocenters. The van der Waals surface area contributed by atoms with Crippen LogP contribution in [0.25, 0.3) is 0 Å². The standard InChI is InChI=1S/C26H22N2O8/c1-16(29)20-11-22-23(35-15-34-22)12-21(20)28-24(30)14-33-25(31)13-27-26(32)17-7-9-19(10-8-17)36-18-5-3-2-4-6-18/h2-12H,13-15H2,1H3,(H,27,32)(H,28,30). The Balaban J connectivity index is 1.23. The van der Waals surface area contributed by atoms with E-state index in [-0.39, 0.29) is 23.8 Å². The monoisotopic (exact) mass is 490 g/mol. The Bertz CT molecular complexity index is 1290. The number of esters is 1. The Hall–Kier alpha value is -4.86. The van der Waals surface area contributed by atoms with Crippen LogP contribution >= 0.6 is 0 Å². The highest BCUT2D eigenvalue weighted by atomic mass is 16.7. The minimum Gasteiger partial charge on any atom is -0.457 e. The molecule has 0 saturated carbocycles. The van der Waals surface area contributed by atoms with Crippen molar-refractivity contribution in [3.05, 3.63) is 77.9 Å². The average Bonchev–Trinajstić information content (AvgIpc) is 3.34. The summed E-state index contributed by atoms with van der Waals surface area (Å²) in [6.45, 7) is 0.321. The third-order valence-corrected chi connectivity index (χ3v) is 5.02. The minimum atomic E-state index is -0.806. The second kappa shape index (κ2) is 11.0. The minimum absolute atomic E-state index is 0.0129. The average molecular weight is 490 g/mol. The molecule has 10 heteroatoms. The summed E-state index contributed by atoms with van der Waals surface area (Å²) >= 11 is 0. The van der Waals surface area contributed by atoms with Crippen LogP contribution in [0.2, 0.25) is 0 Å². The zero-order valence-electron chi connectivity index (χ0n) is 19.2. The van der Waals surface area contributed by atoms with E-state index in [1.807, 2.05) is 30.3 Å². The second-order valence-electron chi connectivity index (χ2n) is 7.64. The summed E-state index contributed by atoms with van der Waals surface area (Å²) in [5.41, 5.74) is 0.757. The largest absolute Gasteiger partial charge is 0.457 e. The van der Waals surface area contributed by atoms with Crippen molar-refractivity contribution in [3.8, 4) is 23.0 Å².